The van der Waals surface area contributed by atoms with E-state index in [1.54, 1.807) is 28.0 Å². The first-order valence-corrected chi connectivity index (χ1v) is 10.6. The Kier molecular flexibility index (Phi) is 4.61. The molecule has 0 saturated heterocycles. The van der Waals surface area contributed by atoms with Crippen LogP contribution in [0.25, 0.3) is 27.1 Å². The molecule has 0 aliphatic heterocycles. The number of benzene rings is 2. The van der Waals surface area contributed by atoms with Gasteiger partial charge in [0.2, 0.25) is 5.16 Å². The molecule has 0 bridgehead atoms. The summed E-state index contributed by atoms with van der Waals surface area (Å²) in [6.07, 6.45) is 0. The van der Waals surface area contributed by atoms with Gasteiger partial charge in [-0.25, -0.2) is 9.37 Å². The second-order valence-corrected chi connectivity index (χ2v) is 8.33. The molecule has 0 spiro atoms. The van der Waals surface area contributed by atoms with Gasteiger partial charge in [0.1, 0.15) is 5.82 Å². The maximum atomic E-state index is 13.2. The fourth-order valence-electron chi connectivity index (χ4n) is 2.91. The Hall–Kier alpha value is -3.04. The molecule has 9 heteroatoms. The van der Waals surface area contributed by atoms with E-state index < -0.39 is 0 Å². The van der Waals surface area contributed by atoms with Crippen molar-refractivity contribution in [1.82, 2.24) is 24.8 Å². The first-order chi connectivity index (χ1) is 14.2. The fourth-order valence-corrected chi connectivity index (χ4v) is 4.78. The third-order valence-corrected chi connectivity index (χ3v) is 6.17. The van der Waals surface area contributed by atoms with Gasteiger partial charge < -0.3 is 5.32 Å². The van der Waals surface area contributed by atoms with Crippen LogP contribution in [0.15, 0.2) is 64.6 Å². The minimum absolute atomic E-state index is 0.272. The number of nitrogens with one attached hydrogen (secondary N) is 1. The fraction of sp³-hybridized carbons (Fsp3) is 0.100. The normalized spacial score (nSPS) is 11.4. The van der Waals surface area contributed by atoms with Crippen LogP contribution in [0, 0.1) is 5.82 Å². The summed E-state index contributed by atoms with van der Waals surface area (Å²) in [6.45, 7) is 2.90. The molecule has 0 fully saturated rings. The van der Waals surface area contributed by atoms with Gasteiger partial charge in [0, 0.05) is 17.0 Å². The summed E-state index contributed by atoms with van der Waals surface area (Å²) in [6, 6.07) is 16.1. The Morgan fingerprint density at radius 3 is 2.76 bits per heavy atom. The van der Waals surface area contributed by atoms with Gasteiger partial charge in [0.25, 0.3) is 0 Å². The molecule has 1 N–H and O–H groups in total. The van der Waals surface area contributed by atoms with Crippen LogP contribution in [0.5, 0.6) is 0 Å². The maximum Gasteiger partial charge on any atom is 0.217 e. The van der Waals surface area contributed by atoms with Crippen LogP contribution in [0.1, 0.15) is 6.92 Å². The van der Waals surface area contributed by atoms with Crippen molar-refractivity contribution in [3.63, 3.8) is 0 Å². The molecule has 0 aliphatic rings. The molecular weight excluding hydrogens is 407 g/mol. The lowest BCUT2D eigenvalue weighted by Gasteiger charge is -2.03. The molecule has 0 aliphatic carbocycles. The number of hydrogen-bond acceptors (Lipinski definition) is 7. The van der Waals surface area contributed by atoms with Crippen LogP contribution >= 0.6 is 23.1 Å². The van der Waals surface area contributed by atoms with E-state index in [0.717, 1.165) is 38.0 Å². The van der Waals surface area contributed by atoms with Gasteiger partial charge in [0.15, 0.2) is 10.8 Å². The quantitative estimate of drug-likeness (QED) is 0.424. The third-order valence-electron chi connectivity index (χ3n) is 4.27. The minimum Gasteiger partial charge on any atom is -0.362 e. The van der Waals surface area contributed by atoms with Crippen molar-refractivity contribution in [3.05, 3.63) is 60.4 Å². The molecule has 0 atom stereocenters. The first-order valence-electron chi connectivity index (χ1n) is 9.00. The van der Waals surface area contributed by atoms with Gasteiger partial charge in [0.05, 0.1) is 15.9 Å². The Balaban J connectivity index is 1.49. The molecule has 0 amide bonds. The summed E-state index contributed by atoms with van der Waals surface area (Å²) in [5, 5.41) is 18.0. The highest BCUT2D eigenvalue weighted by Gasteiger charge is 2.12. The molecule has 0 radical (unpaired) electrons. The van der Waals surface area contributed by atoms with Crippen LogP contribution in [0.3, 0.4) is 0 Å². The average Bonchev–Trinajstić information content (AvgIpc) is 3.32. The molecular formula is C20H15FN6S2. The van der Waals surface area contributed by atoms with Gasteiger partial charge in [-0.3, -0.25) is 0 Å². The summed E-state index contributed by atoms with van der Waals surface area (Å²) in [5.41, 5.74) is 3.19. The number of fused-ring (bicyclic) bond motifs is 2. The predicted octanol–water partition coefficient (Wildman–Crippen LogP) is 5.12. The van der Waals surface area contributed by atoms with E-state index in [0.29, 0.717) is 10.8 Å². The number of thiazole rings is 1. The smallest absolute Gasteiger partial charge is 0.217 e. The highest BCUT2D eigenvalue weighted by Crippen LogP contribution is 2.33. The van der Waals surface area contributed by atoms with E-state index in [-0.39, 0.29) is 5.82 Å². The van der Waals surface area contributed by atoms with Crippen molar-refractivity contribution in [1.29, 1.82) is 0 Å². The SMILES string of the molecule is CCNc1nc2ccc(Sc3nnc4ccc(-c5ccc(F)cc5)nn34)cc2s1. The molecule has 3 heterocycles. The van der Waals surface area contributed by atoms with Crippen molar-refractivity contribution in [2.24, 2.45) is 0 Å². The first kappa shape index (κ1) is 18.0. The number of rotatable bonds is 5. The van der Waals surface area contributed by atoms with E-state index in [4.69, 9.17) is 0 Å². The van der Waals surface area contributed by atoms with Crippen molar-refractivity contribution in [3.8, 4) is 11.3 Å². The van der Waals surface area contributed by atoms with E-state index in [9.17, 15) is 4.39 Å². The molecule has 29 heavy (non-hydrogen) atoms. The van der Waals surface area contributed by atoms with Gasteiger partial charge >= 0.3 is 0 Å². The molecule has 0 unspecified atom stereocenters. The molecule has 6 nitrogen and oxygen atoms in total. The third kappa shape index (κ3) is 3.54. The standard InChI is InChI=1S/C20H15FN6S2/c1-2-22-19-23-16-8-7-14(11-17(16)29-19)28-20-25-24-18-10-9-15(26-27(18)20)12-3-5-13(21)6-4-12/h3-11H,2H2,1H3,(H,22,23). The zero-order valence-corrected chi connectivity index (χ0v) is 17.0. The van der Waals surface area contributed by atoms with Gasteiger partial charge in [-0.1, -0.05) is 11.3 Å². The largest absolute Gasteiger partial charge is 0.362 e. The van der Waals surface area contributed by atoms with Gasteiger partial charge in [-0.05, 0) is 73.3 Å². The van der Waals surface area contributed by atoms with E-state index >= 15 is 0 Å². The molecule has 0 saturated carbocycles. The van der Waals surface area contributed by atoms with E-state index in [1.807, 2.05) is 24.3 Å². The number of aromatic nitrogens is 5. The lowest BCUT2D eigenvalue weighted by Crippen LogP contribution is -1.96. The van der Waals surface area contributed by atoms with Crippen LogP contribution in [-0.2, 0) is 0 Å². The maximum absolute atomic E-state index is 13.2. The van der Waals surface area contributed by atoms with Crippen LogP contribution in [-0.4, -0.2) is 31.3 Å². The topological polar surface area (TPSA) is 68.0 Å². The average molecular weight is 423 g/mol. The number of nitrogens with zero attached hydrogens (tertiary/aromatic N) is 5. The second-order valence-electron chi connectivity index (χ2n) is 6.26. The van der Waals surface area contributed by atoms with Crippen LogP contribution < -0.4 is 5.32 Å². The van der Waals surface area contributed by atoms with E-state index in [1.165, 1.54) is 23.9 Å². The lowest BCUT2D eigenvalue weighted by molar-refractivity contribution is 0.628. The Bertz CT molecular complexity index is 1310. The van der Waals surface area contributed by atoms with Crippen LogP contribution in [0.4, 0.5) is 9.52 Å². The summed E-state index contributed by atoms with van der Waals surface area (Å²) in [4.78, 5) is 5.60. The highest BCUT2D eigenvalue weighted by atomic mass is 32.2. The van der Waals surface area contributed by atoms with Crippen molar-refractivity contribution < 1.29 is 4.39 Å². The zero-order valence-electron chi connectivity index (χ0n) is 15.3. The minimum atomic E-state index is -0.272. The van der Waals surface area contributed by atoms with Crippen molar-refractivity contribution >= 4 is 44.1 Å². The number of hydrogen-bond donors (Lipinski definition) is 1. The lowest BCUT2D eigenvalue weighted by atomic mass is 10.1. The van der Waals surface area contributed by atoms with Gasteiger partial charge in [-0.15, -0.1) is 10.2 Å². The summed E-state index contributed by atoms with van der Waals surface area (Å²) in [5.74, 6) is -0.272. The molecule has 144 valence electrons. The molecule has 3 aromatic heterocycles. The summed E-state index contributed by atoms with van der Waals surface area (Å²) < 4.78 is 16.0. The molecule has 5 aromatic rings. The number of anilines is 1. The Labute approximate surface area is 173 Å². The summed E-state index contributed by atoms with van der Waals surface area (Å²) >= 11 is 3.12. The number of halogens is 1. The van der Waals surface area contributed by atoms with Gasteiger partial charge in [-0.2, -0.15) is 9.61 Å². The van der Waals surface area contributed by atoms with Crippen molar-refractivity contribution in [2.45, 2.75) is 17.0 Å². The Morgan fingerprint density at radius 1 is 1.07 bits per heavy atom. The predicted molar refractivity (Wildman–Crippen MR) is 114 cm³/mol. The highest BCUT2D eigenvalue weighted by molar-refractivity contribution is 7.99. The van der Waals surface area contributed by atoms with E-state index in [2.05, 4.69) is 38.6 Å². The van der Waals surface area contributed by atoms with Crippen LogP contribution in [0.2, 0.25) is 0 Å². The molecule has 2 aromatic carbocycles. The summed E-state index contributed by atoms with van der Waals surface area (Å²) in [7, 11) is 0. The van der Waals surface area contributed by atoms with Crippen molar-refractivity contribution in [2.75, 3.05) is 11.9 Å². The Morgan fingerprint density at radius 2 is 1.93 bits per heavy atom. The second kappa shape index (κ2) is 7.41. The molecule has 5 rings (SSSR count). The monoisotopic (exact) mass is 422 g/mol. The zero-order chi connectivity index (χ0) is 19.8.